The van der Waals surface area contributed by atoms with Crippen LogP contribution in [0.5, 0.6) is 0 Å². The minimum absolute atomic E-state index is 0.0341. The molecule has 150 valence electrons. The van der Waals surface area contributed by atoms with Gasteiger partial charge in [0, 0.05) is 24.7 Å². The van der Waals surface area contributed by atoms with Gasteiger partial charge in [0.15, 0.2) is 9.84 Å². The molecule has 2 heterocycles. The molecule has 0 bridgehead atoms. The molecule has 2 aromatic carbocycles. The molecule has 29 heavy (non-hydrogen) atoms. The number of benzene rings is 2. The van der Waals surface area contributed by atoms with Crippen molar-refractivity contribution in [2.45, 2.75) is 19.0 Å². The lowest BCUT2D eigenvalue weighted by Crippen LogP contribution is -2.41. The topological polar surface area (TPSA) is 89.3 Å². The van der Waals surface area contributed by atoms with Crippen LogP contribution in [0.1, 0.15) is 6.42 Å². The van der Waals surface area contributed by atoms with Crippen molar-refractivity contribution in [3.63, 3.8) is 0 Å². The predicted octanol–water partition coefficient (Wildman–Crippen LogP) is 1.71. The Morgan fingerprint density at radius 1 is 1.14 bits per heavy atom. The molecular formula is C21H21N3O4S. The maximum atomic E-state index is 12.7. The van der Waals surface area contributed by atoms with Gasteiger partial charge in [0.1, 0.15) is 6.54 Å². The van der Waals surface area contributed by atoms with Gasteiger partial charge in [0.2, 0.25) is 5.91 Å². The van der Waals surface area contributed by atoms with E-state index in [0.717, 1.165) is 21.0 Å². The lowest BCUT2D eigenvalue weighted by Gasteiger charge is -2.23. The summed E-state index contributed by atoms with van der Waals surface area (Å²) in [5.74, 6) is -0.283. The molecule has 0 saturated carbocycles. The number of amides is 1. The van der Waals surface area contributed by atoms with Crippen molar-refractivity contribution in [1.29, 1.82) is 0 Å². The molecular weight excluding hydrogens is 390 g/mol. The average Bonchev–Trinajstić information content (AvgIpc) is 3.08. The van der Waals surface area contributed by atoms with Gasteiger partial charge in [-0.25, -0.2) is 13.1 Å². The van der Waals surface area contributed by atoms with Gasteiger partial charge in [-0.05, 0) is 23.3 Å². The molecule has 1 aliphatic heterocycles. The molecule has 1 amide bonds. The Bertz CT molecular complexity index is 1240. The van der Waals surface area contributed by atoms with Crippen LogP contribution in [0, 0.1) is 0 Å². The van der Waals surface area contributed by atoms with E-state index in [1.807, 2.05) is 42.5 Å². The van der Waals surface area contributed by atoms with E-state index >= 15 is 0 Å². The zero-order valence-corrected chi connectivity index (χ0v) is 16.8. The molecule has 0 radical (unpaired) electrons. The molecule has 8 heteroatoms. The number of sulfone groups is 1. The van der Waals surface area contributed by atoms with Gasteiger partial charge >= 0.3 is 0 Å². The van der Waals surface area contributed by atoms with Gasteiger partial charge in [0.25, 0.3) is 5.56 Å². The molecule has 1 atom stereocenters. The van der Waals surface area contributed by atoms with Crippen LogP contribution in [-0.4, -0.2) is 53.6 Å². The number of carbonyl (C=O) groups excluding carboxylic acids is 1. The minimum atomic E-state index is -3.10. The van der Waals surface area contributed by atoms with Crippen LogP contribution in [0.15, 0.2) is 59.4 Å². The average molecular weight is 411 g/mol. The quantitative estimate of drug-likeness (QED) is 0.652. The van der Waals surface area contributed by atoms with Crippen LogP contribution in [0.3, 0.4) is 0 Å². The zero-order chi connectivity index (χ0) is 20.6. The number of aromatic nitrogens is 2. The number of hydrogen-bond donors (Lipinski definition) is 0. The number of carbonyl (C=O) groups is 1. The summed E-state index contributed by atoms with van der Waals surface area (Å²) in [6.07, 6.45) is 0.420. The summed E-state index contributed by atoms with van der Waals surface area (Å²) >= 11 is 0. The molecule has 7 nitrogen and oxygen atoms in total. The monoisotopic (exact) mass is 411 g/mol. The van der Waals surface area contributed by atoms with E-state index in [9.17, 15) is 18.0 Å². The Hall–Kier alpha value is -3.00. The standard InChI is InChI=1S/C21H21N3O4S/c1-23(16-11-12-29(27,28)14-16)21(26)13-24-20(25)10-9-19(22-24)18-8-4-6-15-5-2-3-7-17(15)18/h2-10,16H,11-14H2,1H3. The summed E-state index contributed by atoms with van der Waals surface area (Å²) in [4.78, 5) is 26.4. The van der Waals surface area contributed by atoms with E-state index in [1.165, 1.54) is 11.0 Å². The molecule has 0 N–H and O–H groups in total. The van der Waals surface area contributed by atoms with E-state index in [0.29, 0.717) is 12.1 Å². The number of likely N-dealkylation sites (N-methyl/N-ethyl adjacent to an activating group) is 1. The molecule has 0 spiro atoms. The SMILES string of the molecule is CN(C(=O)Cn1nc(-c2cccc3ccccc23)ccc1=O)C1CCS(=O)(=O)C1. The predicted molar refractivity (Wildman–Crippen MR) is 111 cm³/mol. The van der Waals surface area contributed by atoms with Crippen LogP contribution in [0.25, 0.3) is 22.0 Å². The van der Waals surface area contributed by atoms with Crippen LogP contribution in [0.2, 0.25) is 0 Å². The lowest BCUT2D eigenvalue weighted by atomic mass is 10.0. The van der Waals surface area contributed by atoms with Crippen LogP contribution in [-0.2, 0) is 21.2 Å². The Labute approximate surface area is 168 Å². The highest BCUT2D eigenvalue weighted by molar-refractivity contribution is 7.91. The largest absolute Gasteiger partial charge is 0.340 e. The maximum absolute atomic E-state index is 12.7. The first-order valence-electron chi connectivity index (χ1n) is 9.36. The number of rotatable bonds is 4. The lowest BCUT2D eigenvalue weighted by molar-refractivity contribution is -0.132. The minimum Gasteiger partial charge on any atom is -0.340 e. The van der Waals surface area contributed by atoms with E-state index in [-0.39, 0.29) is 35.6 Å². The smallest absolute Gasteiger partial charge is 0.267 e. The van der Waals surface area contributed by atoms with Crippen molar-refractivity contribution in [3.8, 4) is 11.3 Å². The van der Waals surface area contributed by atoms with Gasteiger partial charge in [-0.15, -0.1) is 0 Å². The highest BCUT2D eigenvalue weighted by Crippen LogP contribution is 2.26. The third-order valence-electron chi connectivity index (χ3n) is 5.37. The highest BCUT2D eigenvalue weighted by Gasteiger charge is 2.32. The molecule has 1 aliphatic rings. The van der Waals surface area contributed by atoms with E-state index < -0.39 is 9.84 Å². The van der Waals surface area contributed by atoms with Crippen molar-refractivity contribution in [1.82, 2.24) is 14.7 Å². The normalized spacial score (nSPS) is 18.0. The van der Waals surface area contributed by atoms with Gasteiger partial charge < -0.3 is 4.90 Å². The first kappa shape index (κ1) is 19.3. The Morgan fingerprint density at radius 3 is 2.66 bits per heavy atom. The van der Waals surface area contributed by atoms with Crippen LogP contribution in [0.4, 0.5) is 0 Å². The second kappa shape index (κ2) is 7.44. The van der Waals surface area contributed by atoms with E-state index in [4.69, 9.17) is 0 Å². The number of nitrogens with zero attached hydrogens (tertiary/aromatic N) is 3. The van der Waals surface area contributed by atoms with Crippen LogP contribution < -0.4 is 5.56 Å². The second-order valence-corrected chi connectivity index (χ2v) is 9.53. The summed E-state index contributed by atoms with van der Waals surface area (Å²) in [6, 6.07) is 16.4. The summed E-state index contributed by atoms with van der Waals surface area (Å²) < 4.78 is 24.5. The first-order valence-corrected chi connectivity index (χ1v) is 11.2. The van der Waals surface area contributed by atoms with Gasteiger partial charge in [-0.2, -0.15) is 5.10 Å². The highest BCUT2D eigenvalue weighted by atomic mass is 32.2. The van der Waals surface area contributed by atoms with Crippen molar-refractivity contribution in [2.24, 2.45) is 0 Å². The Kier molecular flexibility index (Phi) is 4.96. The van der Waals surface area contributed by atoms with E-state index in [1.54, 1.807) is 13.1 Å². The fourth-order valence-electron chi connectivity index (χ4n) is 3.68. The van der Waals surface area contributed by atoms with Crippen molar-refractivity contribution in [3.05, 3.63) is 65.0 Å². The Morgan fingerprint density at radius 2 is 1.90 bits per heavy atom. The summed E-state index contributed by atoms with van der Waals surface area (Å²) in [7, 11) is -1.52. The second-order valence-electron chi connectivity index (χ2n) is 7.30. The molecule has 1 fully saturated rings. The number of fused-ring (bicyclic) bond motifs is 1. The number of hydrogen-bond acceptors (Lipinski definition) is 5. The summed E-state index contributed by atoms with van der Waals surface area (Å²) in [5.41, 5.74) is 1.09. The molecule has 1 unspecified atom stereocenters. The van der Waals surface area contributed by atoms with Crippen molar-refractivity contribution < 1.29 is 13.2 Å². The van der Waals surface area contributed by atoms with Crippen molar-refractivity contribution in [2.75, 3.05) is 18.6 Å². The van der Waals surface area contributed by atoms with Crippen molar-refractivity contribution >= 4 is 26.5 Å². The van der Waals surface area contributed by atoms with Gasteiger partial charge in [-0.3, -0.25) is 9.59 Å². The summed E-state index contributed by atoms with van der Waals surface area (Å²) in [6.45, 7) is -0.232. The maximum Gasteiger partial charge on any atom is 0.267 e. The zero-order valence-electron chi connectivity index (χ0n) is 16.0. The fourth-order valence-corrected chi connectivity index (χ4v) is 5.45. The van der Waals surface area contributed by atoms with Gasteiger partial charge in [0.05, 0.1) is 17.2 Å². The third-order valence-corrected chi connectivity index (χ3v) is 7.12. The molecule has 1 aromatic heterocycles. The third kappa shape index (κ3) is 3.93. The van der Waals surface area contributed by atoms with Crippen LogP contribution >= 0.6 is 0 Å². The Balaban J connectivity index is 1.62. The molecule has 0 aliphatic carbocycles. The summed E-state index contributed by atoms with van der Waals surface area (Å²) in [5, 5.41) is 6.47. The molecule has 3 aromatic rings. The molecule has 4 rings (SSSR count). The van der Waals surface area contributed by atoms with E-state index in [2.05, 4.69) is 5.10 Å². The fraction of sp³-hybridized carbons (Fsp3) is 0.286. The van der Waals surface area contributed by atoms with Gasteiger partial charge in [-0.1, -0.05) is 42.5 Å². The first-order chi connectivity index (χ1) is 13.8. The molecule has 1 saturated heterocycles.